The van der Waals surface area contributed by atoms with Crippen LogP contribution in [0.25, 0.3) is 11.3 Å². The van der Waals surface area contributed by atoms with Crippen molar-refractivity contribution in [2.45, 2.75) is 24.5 Å². The molecule has 0 spiro atoms. The Kier molecular flexibility index (Phi) is 9.92. The van der Waals surface area contributed by atoms with Gasteiger partial charge in [-0.25, -0.2) is 5.84 Å². The number of anilines is 1. The summed E-state index contributed by atoms with van der Waals surface area (Å²) in [5.41, 5.74) is 13.0. The molecule has 5 nitrogen and oxygen atoms in total. The van der Waals surface area contributed by atoms with E-state index < -0.39 is 0 Å². The molecule has 2 aliphatic rings. The SMILES string of the molecule is CSC1C=CC=C(c2ccc(/C(=C/CCC3=C=C=CO3)N(N)c3ccccc3Cl)s2)C1.NC=O. The number of nitrogens with zero attached hydrogens (tertiary/aromatic N) is 1. The summed E-state index contributed by atoms with van der Waals surface area (Å²) in [5.74, 6) is 7.37. The van der Waals surface area contributed by atoms with E-state index in [-0.39, 0.29) is 6.41 Å². The number of hydrogen-bond donors (Lipinski definition) is 2. The van der Waals surface area contributed by atoms with Gasteiger partial charge in [0.15, 0.2) is 5.76 Å². The summed E-state index contributed by atoms with van der Waals surface area (Å²) in [7, 11) is 0. The van der Waals surface area contributed by atoms with Crippen LogP contribution in [0.15, 0.2) is 84.2 Å². The minimum Gasteiger partial charge on any atom is -0.452 e. The summed E-state index contributed by atoms with van der Waals surface area (Å²) in [5, 5.41) is 2.82. The molecule has 2 aromatic rings. The Balaban J connectivity index is 0.00000103. The Labute approximate surface area is 213 Å². The van der Waals surface area contributed by atoms with Crippen LogP contribution in [0.2, 0.25) is 5.02 Å². The van der Waals surface area contributed by atoms with Gasteiger partial charge in [-0.05, 0) is 60.4 Å². The third kappa shape index (κ3) is 6.81. The first-order chi connectivity index (χ1) is 16.6. The first kappa shape index (κ1) is 25.7. The third-order valence-electron chi connectivity index (χ3n) is 5.07. The number of benzene rings is 1. The van der Waals surface area contributed by atoms with Gasteiger partial charge in [-0.3, -0.25) is 9.80 Å². The molecular weight excluding hydrogens is 486 g/mol. The second kappa shape index (κ2) is 13.1. The van der Waals surface area contributed by atoms with E-state index in [0.29, 0.717) is 10.3 Å². The number of halogens is 1. The summed E-state index contributed by atoms with van der Waals surface area (Å²) in [4.78, 5) is 11.0. The van der Waals surface area contributed by atoms with Crippen LogP contribution >= 0.6 is 34.7 Å². The van der Waals surface area contributed by atoms with Gasteiger partial charge in [0.05, 0.1) is 21.3 Å². The number of carbonyl (C=O) groups excluding carboxylic acids is 1. The lowest BCUT2D eigenvalue weighted by Crippen LogP contribution is -2.29. The van der Waals surface area contributed by atoms with Crippen LogP contribution in [0.1, 0.15) is 29.0 Å². The second-order valence-electron chi connectivity index (χ2n) is 7.23. The summed E-state index contributed by atoms with van der Waals surface area (Å²) in [6, 6.07) is 11.9. The van der Waals surface area contributed by atoms with Gasteiger partial charge in [-0.2, -0.15) is 11.8 Å². The molecule has 0 saturated carbocycles. The Hall–Kier alpha value is -2.89. The average Bonchev–Trinajstić information content (AvgIpc) is 3.55. The molecule has 0 radical (unpaired) electrons. The molecule has 0 bridgehead atoms. The number of ether oxygens (including phenoxy) is 1. The zero-order valence-corrected chi connectivity index (χ0v) is 21.1. The maximum absolute atomic E-state index is 8.58. The Morgan fingerprint density at radius 1 is 1.35 bits per heavy atom. The molecule has 1 amide bonds. The molecule has 0 fully saturated rings. The van der Waals surface area contributed by atoms with E-state index >= 15 is 0 Å². The Bertz CT molecular complexity index is 1200. The number of allylic oxidation sites excluding steroid dienone is 5. The van der Waals surface area contributed by atoms with E-state index in [9.17, 15) is 0 Å². The van der Waals surface area contributed by atoms with Crippen LogP contribution in [0.4, 0.5) is 5.69 Å². The predicted octanol–water partition coefficient (Wildman–Crippen LogP) is 6.26. The van der Waals surface area contributed by atoms with E-state index in [2.05, 4.69) is 59.9 Å². The molecule has 2 heterocycles. The number of amides is 1. The molecule has 1 aliphatic carbocycles. The van der Waals surface area contributed by atoms with E-state index in [1.165, 1.54) is 16.7 Å². The maximum atomic E-state index is 8.58. The highest BCUT2D eigenvalue weighted by Gasteiger charge is 2.18. The van der Waals surface area contributed by atoms with Gasteiger partial charge in [-0.1, -0.05) is 48.0 Å². The lowest BCUT2D eigenvalue weighted by Gasteiger charge is -2.23. The maximum Gasteiger partial charge on any atom is 0.204 e. The Morgan fingerprint density at radius 2 is 2.15 bits per heavy atom. The molecule has 4 N–H and O–H groups in total. The van der Waals surface area contributed by atoms with Crippen molar-refractivity contribution in [3.8, 4) is 0 Å². The van der Waals surface area contributed by atoms with Gasteiger partial charge in [-0.15, -0.1) is 11.3 Å². The van der Waals surface area contributed by atoms with Crippen LogP contribution in [0.5, 0.6) is 0 Å². The van der Waals surface area contributed by atoms with Crippen molar-refractivity contribution in [2.75, 3.05) is 11.3 Å². The number of thiophene rings is 1. The van der Waals surface area contributed by atoms with Crippen molar-refractivity contribution in [3.63, 3.8) is 0 Å². The predicted molar refractivity (Wildman–Crippen MR) is 145 cm³/mol. The molecule has 1 aliphatic heterocycles. The second-order valence-corrected chi connectivity index (χ2v) is 9.80. The molecule has 8 heteroatoms. The minimum absolute atomic E-state index is 0.250. The highest BCUT2D eigenvalue weighted by Crippen LogP contribution is 2.37. The van der Waals surface area contributed by atoms with Gasteiger partial charge >= 0.3 is 0 Å². The third-order valence-corrected chi connectivity index (χ3v) is 7.51. The lowest BCUT2D eigenvalue weighted by atomic mass is 10.0. The largest absolute Gasteiger partial charge is 0.452 e. The van der Waals surface area contributed by atoms with Crippen molar-refractivity contribution >= 4 is 58.1 Å². The topological polar surface area (TPSA) is 81.6 Å². The summed E-state index contributed by atoms with van der Waals surface area (Å²) >= 11 is 10.1. The van der Waals surface area contributed by atoms with Crippen molar-refractivity contribution in [1.29, 1.82) is 0 Å². The van der Waals surface area contributed by atoms with Crippen molar-refractivity contribution < 1.29 is 9.53 Å². The van der Waals surface area contributed by atoms with Crippen molar-refractivity contribution in [3.05, 3.63) is 99.0 Å². The van der Waals surface area contributed by atoms with Gasteiger partial charge in [0, 0.05) is 16.5 Å². The molecule has 4 rings (SSSR count). The standard InChI is InChI=1S/C25H23ClN2OS2.CH3NO/c1-30-20-10-4-7-18(17-20)24-14-15-25(31-24)23(13-5-8-19-9-6-16-29-19)28(27)22-12-3-2-11-21(22)26;2-1-3/h2-4,7,10-16,20H,5,8,17,27H2,1H3;1H,(H2,2,3)/b23-13-;. The molecule has 34 heavy (non-hydrogen) atoms. The molecule has 0 saturated heterocycles. The highest BCUT2D eigenvalue weighted by atomic mass is 35.5. The summed E-state index contributed by atoms with van der Waals surface area (Å²) in [6.45, 7) is 0. The average molecular weight is 512 g/mol. The van der Waals surface area contributed by atoms with Gasteiger partial charge in [0.1, 0.15) is 6.26 Å². The number of carbonyl (C=O) groups is 1. The van der Waals surface area contributed by atoms with E-state index in [1.54, 1.807) is 16.3 Å². The number of thioether (sulfide) groups is 1. The number of para-hydroxylation sites is 1. The van der Waals surface area contributed by atoms with E-state index in [0.717, 1.165) is 41.3 Å². The number of primary amides is 1. The zero-order valence-electron chi connectivity index (χ0n) is 18.7. The quantitative estimate of drug-likeness (QED) is 0.189. The fourth-order valence-corrected chi connectivity index (χ4v) is 5.34. The summed E-state index contributed by atoms with van der Waals surface area (Å²) < 4.78 is 5.37. The monoisotopic (exact) mass is 511 g/mol. The fourth-order valence-electron chi connectivity index (χ4n) is 3.44. The number of nitrogens with two attached hydrogens (primary N) is 2. The van der Waals surface area contributed by atoms with E-state index in [4.69, 9.17) is 27.0 Å². The normalized spacial score (nSPS) is 16.3. The van der Waals surface area contributed by atoms with Crippen molar-refractivity contribution in [2.24, 2.45) is 11.6 Å². The highest BCUT2D eigenvalue weighted by molar-refractivity contribution is 7.99. The van der Waals surface area contributed by atoms with Gasteiger partial charge < -0.3 is 10.5 Å². The summed E-state index contributed by atoms with van der Waals surface area (Å²) in [6.07, 6.45) is 15.2. The van der Waals surface area contributed by atoms with Crippen LogP contribution < -0.4 is 16.6 Å². The zero-order chi connectivity index (χ0) is 24.3. The smallest absolute Gasteiger partial charge is 0.204 e. The number of rotatable bonds is 8. The first-order valence-electron chi connectivity index (χ1n) is 10.6. The molecule has 1 unspecified atom stereocenters. The van der Waals surface area contributed by atoms with Crippen LogP contribution in [0.3, 0.4) is 0 Å². The molecule has 1 aromatic carbocycles. The molecule has 176 valence electrons. The minimum atomic E-state index is 0.250. The molecule has 1 aromatic heterocycles. The molecular formula is C26H26ClN3O2S2. The van der Waals surface area contributed by atoms with Gasteiger partial charge in [0.25, 0.3) is 0 Å². The first-order valence-corrected chi connectivity index (χ1v) is 13.1. The number of hydrazine groups is 1. The van der Waals surface area contributed by atoms with Crippen LogP contribution in [-0.4, -0.2) is 17.9 Å². The Morgan fingerprint density at radius 3 is 2.85 bits per heavy atom. The number of hydrogen-bond acceptors (Lipinski definition) is 6. The van der Waals surface area contributed by atoms with Crippen molar-refractivity contribution in [1.82, 2.24) is 0 Å². The fraction of sp³-hybridized carbons (Fsp3) is 0.192. The van der Waals surface area contributed by atoms with Gasteiger partial charge in [0.2, 0.25) is 6.41 Å². The van der Waals surface area contributed by atoms with Crippen LogP contribution in [-0.2, 0) is 9.53 Å². The van der Waals surface area contributed by atoms with E-state index in [1.807, 2.05) is 36.0 Å². The molecule has 1 atom stereocenters. The van der Waals surface area contributed by atoms with Crippen LogP contribution in [0, 0.1) is 0 Å². The lowest BCUT2D eigenvalue weighted by molar-refractivity contribution is -0.106.